The normalized spacial score (nSPS) is 45.0. The van der Waals surface area contributed by atoms with E-state index in [1.165, 1.54) is 37.5 Å². The van der Waals surface area contributed by atoms with Crippen LogP contribution in [0, 0.1) is 23.2 Å². The molecular weight excluding hydrogens is 194 g/mol. The number of fused-ring (bicyclic) bond motifs is 2. The fourth-order valence-corrected chi connectivity index (χ4v) is 4.31. The third-order valence-corrected chi connectivity index (χ3v) is 5.77. The number of unbranched alkanes of at least 4 members (excludes halogenated alkanes) is 2. The maximum absolute atomic E-state index is 3.32. The summed E-state index contributed by atoms with van der Waals surface area (Å²) in [6.07, 6.45) is 12.1. The Morgan fingerprint density at radius 2 is 2.12 bits per heavy atom. The Morgan fingerprint density at radius 1 is 1.25 bits per heavy atom. The van der Waals surface area contributed by atoms with E-state index < -0.39 is 0 Å². The Bertz CT molecular complexity index is 262. The lowest BCUT2D eigenvalue weighted by atomic mass is 9.79. The van der Waals surface area contributed by atoms with E-state index in [1.54, 1.807) is 25.7 Å². The van der Waals surface area contributed by atoms with Gasteiger partial charge in [0.2, 0.25) is 0 Å². The lowest BCUT2D eigenvalue weighted by molar-refractivity contribution is 0.226. The summed E-state index contributed by atoms with van der Waals surface area (Å²) >= 11 is 0. The van der Waals surface area contributed by atoms with Gasteiger partial charge < -0.3 is 5.32 Å². The van der Waals surface area contributed by atoms with Gasteiger partial charge in [0.15, 0.2) is 0 Å². The van der Waals surface area contributed by atoms with Gasteiger partial charge in [0, 0.05) is 6.04 Å². The molecule has 0 aromatic heterocycles. The number of rotatable bonds is 7. The van der Waals surface area contributed by atoms with Crippen LogP contribution in [0.5, 0.6) is 0 Å². The Morgan fingerprint density at radius 3 is 2.75 bits per heavy atom. The molecule has 1 N–H and O–H groups in total. The zero-order valence-corrected chi connectivity index (χ0v) is 11.0. The Balaban J connectivity index is 1.23. The molecule has 0 saturated heterocycles. The minimum Gasteiger partial charge on any atom is -0.317 e. The van der Waals surface area contributed by atoms with Gasteiger partial charge in [0.1, 0.15) is 0 Å². The molecule has 0 heterocycles. The molecule has 1 spiro atoms. The topological polar surface area (TPSA) is 12.0 Å². The highest BCUT2D eigenvalue weighted by molar-refractivity contribution is 5.22. The highest BCUT2D eigenvalue weighted by Crippen LogP contribution is 2.81. The van der Waals surface area contributed by atoms with Crippen molar-refractivity contribution >= 4 is 0 Å². The molecule has 3 saturated carbocycles. The van der Waals surface area contributed by atoms with Crippen LogP contribution < -0.4 is 5.32 Å². The van der Waals surface area contributed by atoms with Crippen LogP contribution in [0.25, 0.3) is 0 Å². The molecule has 0 radical (unpaired) electrons. The van der Waals surface area contributed by atoms with Crippen LogP contribution in [0.3, 0.4) is 0 Å². The van der Waals surface area contributed by atoms with Gasteiger partial charge in [-0.3, -0.25) is 0 Å². The van der Waals surface area contributed by atoms with Gasteiger partial charge in [-0.1, -0.05) is 19.3 Å². The van der Waals surface area contributed by atoms with E-state index in [0.29, 0.717) is 6.04 Å². The highest BCUT2D eigenvalue weighted by Gasteiger charge is 2.73. The van der Waals surface area contributed by atoms with E-state index in [2.05, 4.69) is 19.3 Å². The van der Waals surface area contributed by atoms with Gasteiger partial charge in [-0.05, 0) is 69.2 Å². The van der Waals surface area contributed by atoms with Gasteiger partial charge in [0.05, 0.1) is 0 Å². The molecule has 0 aromatic carbocycles. The maximum Gasteiger partial charge on any atom is 0.00357 e. The minimum absolute atomic E-state index is 0.714. The van der Waals surface area contributed by atoms with Gasteiger partial charge >= 0.3 is 0 Å². The van der Waals surface area contributed by atoms with Crippen molar-refractivity contribution in [3.05, 3.63) is 0 Å². The van der Waals surface area contributed by atoms with Crippen LogP contribution in [0.4, 0.5) is 0 Å². The summed E-state index contributed by atoms with van der Waals surface area (Å²) < 4.78 is 0. The Hall–Kier alpha value is -0.0400. The summed E-state index contributed by atoms with van der Waals surface area (Å²) in [5.41, 5.74) is 0.947. The fourth-order valence-electron chi connectivity index (χ4n) is 4.31. The van der Waals surface area contributed by atoms with E-state index in [4.69, 9.17) is 0 Å². The number of hydrogen-bond donors (Lipinski definition) is 1. The van der Waals surface area contributed by atoms with E-state index in [0.717, 1.165) is 11.3 Å². The quantitative estimate of drug-likeness (QED) is 0.648. The summed E-state index contributed by atoms with van der Waals surface area (Å²) in [5.74, 6) is 3.60. The molecule has 0 aliphatic heterocycles. The standard InChI is InChI=1S/C15H27N/c1-11(16-2)6-4-3-5-7-13-10-15(13)9-12-8-14(12)15/h11-14,16H,3-10H2,1-2H3. The van der Waals surface area contributed by atoms with Crippen molar-refractivity contribution in [2.75, 3.05) is 7.05 Å². The van der Waals surface area contributed by atoms with Gasteiger partial charge in [-0.15, -0.1) is 0 Å². The zero-order valence-electron chi connectivity index (χ0n) is 11.0. The van der Waals surface area contributed by atoms with Crippen molar-refractivity contribution in [3.63, 3.8) is 0 Å². The molecule has 3 fully saturated rings. The molecule has 92 valence electrons. The van der Waals surface area contributed by atoms with Crippen LogP contribution in [0.1, 0.15) is 58.3 Å². The molecule has 5 atom stereocenters. The summed E-state index contributed by atoms with van der Waals surface area (Å²) in [7, 11) is 2.07. The molecule has 0 aromatic rings. The first kappa shape index (κ1) is 11.1. The Kier molecular flexibility index (Phi) is 2.78. The van der Waals surface area contributed by atoms with E-state index in [-0.39, 0.29) is 0 Å². The van der Waals surface area contributed by atoms with Crippen LogP contribution >= 0.6 is 0 Å². The Labute approximate surface area is 100 Å². The van der Waals surface area contributed by atoms with Crippen molar-refractivity contribution < 1.29 is 0 Å². The lowest BCUT2D eigenvalue weighted by Crippen LogP contribution is -2.20. The first-order valence-corrected chi connectivity index (χ1v) is 7.43. The summed E-state index contributed by atoms with van der Waals surface area (Å²) in [5, 5.41) is 3.32. The third kappa shape index (κ3) is 1.81. The second-order valence-electron chi connectivity index (χ2n) is 6.77. The minimum atomic E-state index is 0.714. The number of nitrogens with one attached hydrogen (secondary N) is 1. The largest absolute Gasteiger partial charge is 0.317 e. The molecule has 0 amide bonds. The first-order valence-electron chi connectivity index (χ1n) is 7.43. The molecular formula is C15H27N. The average molecular weight is 221 g/mol. The van der Waals surface area contributed by atoms with Crippen molar-refractivity contribution in [1.82, 2.24) is 5.32 Å². The monoisotopic (exact) mass is 221 g/mol. The van der Waals surface area contributed by atoms with Crippen molar-refractivity contribution in [2.24, 2.45) is 23.2 Å². The predicted molar refractivity (Wildman–Crippen MR) is 68.4 cm³/mol. The molecule has 3 aliphatic rings. The second kappa shape index (κ2) is 4.01. The molecule has 3 aliphatic carbocycles. The van der Waals surface area contributed by atoms with E-state index >= 15 is 0 Å². The van der Waals surface area contributed by atoms with Crippen molar-refractivity contribution in [2.45, 2.75) is 64.3 Å². The second-order valence-corrected chi connectivity index (χ2v) is 6.77. The molecule has 5 unspecified atom stereocenters. The molecule has 1 nitrogen and oxygen atoms in total. The van der Waals surface area contributed by atoms with E-state index in [9.17, 15) is 0 Å². The van der Waals surface area contributed by atoms with Crippen LogP contribution in [0.15, 0.2) is 0 Å². The van der Waals surface area contributed by atoms with Crippen molar-refractivity contribution in [1.29, 1.82) is 0 Å². The summed E-state index contributed by atoms with van der Waals surface area (Å²) in [6, 6.07) is 0.714. The maximum atomic E-state index is 3.32. The predicted octanol–water partition coefficient (Wildman–Crippen LogP) is 3.59. The third-order valence-electron chi connectivity index (χ3n) is 5.77. The zero-order chi connectivity index (χ0) is 11.2. The first-order chi connectivity index (χ1) is 7.76. The molecule has 1 heteroatoms. The smallest absolute Gasteiger partial charge is 0.00357 e. The molecule has 3 rings (SSSR count). The average Bonchev–Trinajstić information content (AvgIpc) is 3.12. The summed E-state index contributed by atoms with van der Waals surface area (Å²) in [6.45, 7) is 2.29. The lowest BCUT2D eigenvalue weighted by Gasteiger charge is -2.26. The molecule has 0 bridgehead atoms. The molecule has 16 heavy (non-hydrogen) atoms. The van der Waals surface area contributed by atoms with Gasteiger partial charge in [-0.2, -0.15) is 0 Å². The highest BCUT2D eigenvalue weighted by atomic mass is 14.8. The van der Waals surface area contributed by atoms with Crippen LogP contribution in [-0.4, -0.2) is 13.1 Å². The number of hydrogen-bond acceptors (Lipinski definition) is 1. The van der Waals surface area contributed by atoms with Crippen molar-refractivity contribution in [3.8, 4) is 0 Å². The van der Waals surface area contributed by atoms with Crippen LogP contribution in [-0.2, 0) is 0 Å². The summed E-state index contributed by atoms with van der Waals surface area (Å²) in [4.78, 5) is 0. The van der Waals surface area contributed by atoms with Gasteiger partial charge in [0.25, 0.3) is 0 Å². The van der Waals surface area contributed by atoms with Crippen LogP contribution in [0.2, 0.25) is 0 Å². The SMILES string of the molecule is CNC(C)CCCCCC1CC12CC1CC12. The van der Waals surface area contributed by atoms with E-state index in [1.807, 2.05) is 0 Å². The fraction of sp³-hybridized carbons (Fsp3) is 1.00. The van der Waals surface area contributed by atoms with Gasteiger partial charge in [-0.25, -0.2) is 0 Å².